The van der Waals surface area contributed by atoms with Gasteiger partial charge in [-0.05, 0) is 49.6 Å². The van der Waals surface area contributed by atoms with Gasteiger partial charge >= 0.3 is 0 Å². The van der Waals surface area contributed by atoms with Gasteiger partial charge in [0.05, 0.1) is 22.7 Å². The van der Waals surface area contributed by atoms with Crippen LogP contribution in [0.25, 0.3) is 10.6 Å². The fraction of sp³-hybridized carbons (Fsp3) is 0.300. The number of thiazole rings is 1. The number of hydrogen-bond acceptors (Lipinski definition) is 5. The van der Waals surface area contributed by atoms with Crippen LogP contribution >= 0.6 is 22.7 Å². The van der Waals surface area contributed by atoms with Crippen LogP contribution in [0.1, 0.15) is 21.9 Å². The van der Waals surface area contributed by atoms with E-state index in [0.717, 1.165) is 34.9 Å². The molecule has 0 fully saturated rings. The smallest absolute Gasteiger partial charge is 0.220 e. The molecule has 4 nitrogen and oxygen atoms in total. The topological polar surface area (TPSA) is 51.2 Å². The van der Waals surface area contributed by atoms with Crippen LogP contribution in [0.5, 0.6) is 5.75 Å². The maximum Gasteiger partial charge on any atom is 0.220 e. The molecular weight excluding hydrogens is 364 g/mol. The summed E-state index contributed by atoms with van der Waals surface area (Å²) in [7, 11) is 1.65. The quantitative estimate of drug-likeness (QED) is 0.621. The summed E-state index contributed by atoms with van der Waals surface area (Å²) in [5.41, 5.74) is 2.16. The minimum Gasteiger partial charge on any atom is -0.497 e. The lowest BCUT2D eigenvalue weighted by atomic mass is 10.1. The molecule has 136 valence electrons. The Bertz CT molecular complexity index is 870. The molecule has 0 saturated carbocycles. The predicted molar refractivity (Wildman–Crippen MR) is 108 cm³/mol. The zero-order valence-corrected chi connectivity index (χ0v) is 16.6. The van der Waals surface area contributed by atoms with Gasteiger partial charge in [0.15, 0.2) is 0 Å². The summed E-state index contributed by atoms with van der Waals surface area (Å²) in [5, 5.41) is 6.18. The van der Waals surface area contributed by atoms with Gasteiger partial charge in [-0.1, -0.05) is 12.1 Å². The van der Waals surface area contributed by atoms with E-state index in [9.17, 15) is 4.79 Å². The van der Waals surface area contributed by atoms with Crippen molar-refractivity contribution in [1.29, 1.82) is 0 Å². The van der Waals surface area contributed by atoms with E-state index < -0.39 is 0 Å². The molecule has 0 radical (unpaired) electrons. The normalized spacial score (nSPS) is 10.7. The highest BCUT2D eigenvalue weighted by molar-refractivity contribution is 7.16. The second kappa shape index (κ2) is 8.96. The molecule has 1 amide bonds. The molecule has 6 heteroatoms. The molecule has 0 aliphatic heterocycles. The summed E-state index contributed by atoms with van der Waals surface area (Å²) >= 11 is 3.41. The maximum absolute atomic E-state index is 12.0. The number of nitrogens with one attached hydrogen (secondary N) is 1. The van der Waals surface area contributed by atoms with E-state index in [1.54, 1.807) is 29.8 Å². The fourth-order valence-corrected chi connectivity index (χ4v) is 4.28. The first-order valence-electron chi connectivity index (χ1n) is 8.55. The van der Waals surface area contributed by atoms with Gasteiger partial charge in [-0.25, -0.2) is 4.98 Å². The molecule has 0 saturated heterocycles. The van der Waals surface area contributed by atoms with Crippen LogP contribution in [0.3, 0.4) is 0 Å². The first kappa shape index (κ1) is 18.6. The molecule has 1 aromatic carbocycles. The molecule has 0 aliphatic carbocycles. The number of carbonyl (C=O) groups excluding carboxylic acids is 1. The fourth-order valence-electron chi connectivity index (χ4n) is 2.63. The lowest BCUT2D eigenvalue weighted by Crippen LogP contribution is -2.25. The third kappa shape index (κ3) is 5.16. The Kier molecular flexibility index (Phi) is 6.41. The van der Waals surface area contributed by atoms with Crippen LogP contribution in [0.15, 0.2) is 41.8 Å². The van der Waals surface area contributed by atoms with Crippen LogP contribution < -0.4 is 10.1 Å². The highest BCUT2D eigenvalue weighted by atomic mass is 32.1. The largest absolute Gasteiger partial charge is 0.497 e. The first-order chi connectivity index (χ1) is 12.6. The number of rotatable bonds is 8. The number of amides is 1. The Morgan fingerprint density at radius 1 is 1.23 bits per heavy atom. The molecule has 0 spiro atoms. The molecule has 3 aromatic rings. The summed E-state index contributed by atoms with van der Waals surface area (Å²) in [6.07, 6.45) is 2.05. The van der Waals surface area contributed by atoms with E-state index in [1.165, 1.54) is 9.75 Å². The van der Waals surface area contributed by atoms with Crippen LogP contribution in [0, 0.1) is 6.92 Å². The Morgan fingerprint density at radius 3 is 2.88 bits per heavy atom. The van der Waals surface area contributed by atoms with Crippen molar-refractivity contribution in [2.45, 2.75) is 26.2 Å². The average Bonchev–Trinajstić information content (AvgIpc) is 3.29. The van der Waals surface area contributed by atoms with Gasteiger partial charge in [0.2, 0.25) is 5.91 Å². The monoisotopic (exact) mass is 386 g/mol. The number of ether oxygens (including phenoxy) is 1. The Labute approximate surface area is 161 Å². The van der Waals surface area contributed by atoms with Crippen molar-refractivity contribution in [3.63, 3.8) is 0 Å². The highest BCUT2D eigenvalue weighted by Crippen LogP contribution is 2.29. The van der Waals surface area contributed by atoms with Crippen molar-refractivity contribution in [3.05, 3.63) is 57.2 Å². The van der Waals surface area contributed by atoms with E-state index in [1.807, 2.05) is 31.2 Å². The summed E-state index contributed by atoms with van der Waals surface area (Å²) in [6.45, 7) is 2.68. The molecule has 0 bridgehead atoms. The standard InChI is InChI=1S/C20H22N2O2S2/c1-14-22-18(13-25-14)19-8-7-17(26-19)10-11-21-20(23)9-6-15-4-3-5-16(12-15)24-2/h3-5,7-8,12-13H,6,9-11H2,1-2H3,(H,21,23). The number of thiophene rings is 1. The van der Waals surface area contributed by atoms with Crippen molar-refractivity contribution >= 4 is 28.6 Å². The third-order valence-corrected chi connectivity index (χ3v) is 5.94. The number of benzene rings is 1. The van der Waals surface area contributed by atoms with Gasteiger partial charge in [-0.15, -0.1) is 22.7 Å². The van der Waals surface area contributed by atoms with E-state index in [2.05, 4.69) is 27.8 Å². The zero-order valence-electron chi connectivity index (χ0n) is 15.0. The van der Waals surface area contributed by atoms with Crippen molar-refractivity contribution < 1.29 is 9.53 Å². The van der Waals surface area contributed by atoms with Crippen LogP contribution in [0.2, 0.25) is 0 Å². The van der Waals surface area contributed by atoms with Gasteiger partial charge in [-0.2, -0.15) is 0 Å². The third-order valence-electron chi connectivity index (χ3n) is 4.00. The van der Waals surface area contributed by atoms with Gasteiger partial charge in [0.25, 0.3) is 0 Å². The van der Waals surface area contributed by atoms with Crippen molar-refractivity contribution in [2.24, 2.45) is 0 Å². The van der Waals surface area contributed by atoms with Gasteiger partial charge in [-0.3, -0.25) is 4.79 Å². The van der Waals surface area contributed by atoms with Crippen molar-refractivity contribution in [2.75, 3.05) is 13.7 Å². The summed E-state index contributed by atoms with van der Waals surface area (Å²) in [6, 6.07) is 12.1. The second-order valence-corrected chi connectivity index (χ2v) is 8.20. The molecular formula is C20H22N2O2S2. The van der Waals surface area contributed by atoms with Crippen LogP contribution in [0.4, 0.5) is 0 Å². The SMILES string of the molecule is COc1cccc(CCC(=O)NCCc2ccc(-c3csc(C)n3)s2)c1. The van der Waals surface area contributed by atoms with E-state index in [-0.39, 0.29) is 5.91 Å². The molecule has 2 aromatic heterocycles. The molecule has 0 atom stereocenters. The number of aryl methyl sites for hydroxylation is 2. The molecule has 1 N–H and O–H groups in total. The Hall–Kier alpha value is -2.18. The lowest BCUT2D eigenvalue weighted by molar-refractivity contribution is -0.121. The van der Waals surface area contributed by atoms with Gasteiger partial charge in [0, 0.05) is 23.2 Å². The lowest BCUT2D eigenvalue weighted by Gasteiger charge is -2.06. The second-order valence-electron chi connectivity index (χ2n) is 5.97. The predicted octanol–water partition coefficient (Wildman–Crippen LogP) is 4.48. The summed E-state index contributed by atoms with van der Waals surface area (Å²) in [5.74, 6) is 0.909. The van der Waals surface area contributed by atoms with E-state index >= 15 is 0 Å². The molecule has 0 unspecified atom stereocenters. The minimum atomic E-state index is 0.0831. The average molecular weight is 387 g/mol. The zero-order chi connectivity index (χ0) is 18.4. The van der Waals surface area contributed by atoms with Crippen molar-refractivity contribution in [3.8, 4) is 16.3 Å². The first-order valence-corrected chi connectivity index (χ1v) is 10.2. The van der Waals surface area contributed by atoms with Gasteiger partial charge in [0.1, 0.15) is 5.75 Å². The number of methoxy groups -OCH3 is 1. The van der Waals surface area contributed by atoms with Crippen LogP contribution in [-0.4, -0.2) is 24.5 Å². The Morgan fingerprint density at radius 2 is 2.12 bits per heavy atom. The number of hydrogen-bond donors (Lipinski definition) is 1. The molecule has 26 heavy (non-hydrogen) atoms. The molecule has 2 heterocycles. The summed E-state index contributed by atoms with van der Waals surface area (Å²) in [4.78, 5) is 19.0. The van der Waals surface area contributed by atoms with E-state index in [0.29, 0.717) is 13.0 Å². The summed E-state index contributed by atoms with van der Waals surface area (Å²) < 4.78 is 5.21. The van der Waals surface area contributed by atoms with Gasteiger partial charge < -0.3 is 10.1 Å². The number of carbonyl (C=O) groups is 1. The highest BCUT2D eigenvalue weighted by Gasteiger charge is 2.07. The van der Waals surface area contributed by atoms with Crippen LogP contribution in [-0.2, 0) is 17.6 Å². The Balaban J connectivity index is 1.41. The van der Waals surface area contributed by atoms with E-state index in [4.69, 9.17) is 4.74 Å². The number of aromatic nitrogens is 1. The van der Waals surface area contributed by atoms with Crippen molar-refractivity contribution in [1.82, 2.24) is 10.3 Å². The number of nitrogens with zero attached hydrogens (tertiary/aromatic N) is 1. The maximum atomic E-state index is 12.0. The molecule has 0 aliphatic rings. The minimum absolute atomic E-state index is 0.0831. The molecule has 3 rings (SSSR count).